The third-order valence-corrected chi connectivity index (χ3v) is 5.17. The number of methoxy groups -OCH3 is 1. The summed E-state index contributed by atoms with van der Waals surface area (Å²) >= 11 is 6.09. The zero-order valence-electron chi connectivity index (χ0n) is 16.1. The summed E-state index contributed by atoms with van der Waals surface area (Å²) in [5, 5.41) is 6.07. The highest BCUT2D eigenvalue weighted by atomic mass is 35.5. The first-order valence-electron chi connectivity index (χ1n) is 9.37. The molecule has 2 amide bonds. The van der Waals surface area contributed by atoms with E-state index >= 15 is 0 Å². The van der Waals surface area contributed by atoms with Crippen molar-refractivity contribution in [2.75, 3.05) is 37.4 Å². The number of hydrogen-bond acceptors (Lipinski definition) is 4. The monoisotopic (exact) mass is 419 g/mol. The Bertz CT molecular complexity index is 868. The zero-order valence-corrected chi connectivity index (χ0v) is 16.8. The van der Waals surface area contributed by atoms with Crippen molar-refractivity contribution >= 4 is 34.8 Å². The summed E-state index contributed by atoms with van der Waals surface area (Å²) in [6.07, 6.45) is 1.33. The van der Waals surface area contributed by atoms with E-state index in [1.54, 1.807) is 18.2 Å². The molecule has 0 bridgehead atoms. The van der Waals surface area contributed by atoms with Crippen molar-refractivity contribution in [1.82, 2.24) is 4.90 Å². The second-order valence-electron chi connectivity index (χ2n) is 6.94. The number of benzene rings is 2. The van der Waals surface area contributed by atoms with Crippen LogP contribution in [0.15, 0.2) is 42.5 Å². The van der Waals surface area contributed by atoms with E-state index in [4.69, 9.17) is 16.3 Å². The third-order valence-electron chi connectivity index (χ3n) is 4.87. The van der Waals surface area contributed by atoms with Crippen molar-refractivity contribution < 1.29 is 18.7 Å². The summed E-state index contributed by atoms with van der Waals surface area (Å²) in [5.74, 6) is -0.126. The van der Waals surface area contributed by atoms with Crippen molar-refractivity contribution in [3.05, 3.63) is 53.3 Å². The lowest BCUT2D eigenvalue weighted by molar-refractivity contribution is -0.121. The number of likely N-dealkylation sites (tertiary alicyclic amines) is 1. The smallest absolute Gasteiger partial charge is 0.238 e. The third kappa shape index (κ3) is 5.92. The lowest BCUT2D eigenvalue weighted by Crippen LogP contribution is -2.41. The van der Waals surface area contributed by atoms with Gasteiger partial charge >= 0.3 is 0 Å². The number of carbonyl (C=O) groups excluding carboxylic acids is 2. The van der Waals surface area contributed by atoms with E-state index in [0.29, 0.717) is 48.1 Å². The molecule has 2 aromatic carbocycles. The highest BCUT2D eigenvalue weighted by Crippen LogP contribution is 2.28. The summed E-state index contributed by atoms with van der Waals surface area (Å²) in [6.45, 7) is 1.54. The van der Waals surface area contributed by atoms with Crippen LogP contribution in [-0.4, -0.2) is 43.5 Å². The first kappa shape index (κ1) is 21.1. The average molecular weight is 420 g/mol. The quantitative estimate of drug-likeness (QED) is 0.747. The molecule has 0 spiro atoms. The second-order valence-corrected chi connectivity index (χ2v) is 7.35. The maximum Gasteiger partial charge on any atom is 0.238 e. The van der Waals surface area contributed by atoms with Gasteiger partial charge in [-0.15, -0.1) is 0 Å². The zero-order chi connectivity index (χ0) is 20.8. The number of piperidine rings is 1. The molecule has 1 saturated heterocycles. The van der Waals surface area contributed by atoms with E-state index in [2.05, 4.69) is 10.6 Å². The molecule has 0 aliphatic carbocycles. The first-order chi connectivity index (χ1) is 13.9. The van der Waals surface area contributed by atoms with Crippen molar-refractivity contribution in [2.24, 2.45) is 5.92 Å². The fourth-order valence-electron chi connectivity index (χ4n) is 3.28. The molecule has 1 aliphatic heterocycles. The van der Waals surface area contributed by atoms with Gasteiger partial charge in [-0.05, 0) is 68.4 Å². The minimum absolute atomic E-state index is 0.0540. The topological polar surface area (TPSA) is 70.7 Å². The molecule has 0 saturated carbocycles. The summed E-state index contributed by atoms with van der Waals surface area (Å²) < 4.78 is 18.0. The summed E-state index contributed by atoms with van der Waals surface area (Å²) in [4.78, 5) is 26.7. The van der Waals surface area contributed by atoms with Gasteiger partial charge in [0.15, 0.2) is 0 Å². The van der Waals surface area contributed by atoms with Crippen LogP contribution < -0.4 is 15.4 Å². The number of nitrogens with zero attached hydrogens (tertiary/aromatic N) is 1. The van der Waals surface area contributed by atoms with Gasteiger partial charge in [0.05, 0.1) is 18.7 Å². The Labute approximate surface area is 174 Å². The van der Waals surface area contributed by atoms with E-state index in [-0.39, 0.29) is 30.1 Å². The van der Waals surface area contributed by atoms with Crippen LogP contribution in [0.1, 0.15) is 12.8 Å². The Balaban J connectivity index is 1.44. The largest absolute Gasteiger partial charge is 0.495 e. The SMILES string of the molecule is COc1ccc(NC(=O)C2CCN(CC(=O)Nc3ccc(F)cc3)CC2)cc1Cl. The number of amides is 2. The van der Waals surface area contributed by atoms with E-state index in [0.717, 1.165) is 0 Å². The van der Waals surface area contributed by atoms with Crippen LogP contribution in [0.3, 0.4) is 0 Å². The minimum Gasteiger partial charge on any atom is -0.495 e. The fourth-order valence-corrected chi connectivity index (χ4v) is 3.54. The van der Waals surface area contributed by atoms with Gasteiger partial charge in [0, 0.05) is 17.3 Å². The number of hydrogen-bond donors (Lipinski definition) is 2. The van der Waals surface area contributed by atoms with Crippen LogP contribution in [0, 0.1) is 11.7 Å². The van der Waals surface area contributed by atoms with Gasteiger partial charge in [0.2, 0.25) is 11.8 Å². The number of halogens is 2. The van der Waals surface area contributed by atoms with Crippen molar-refractivity contribution in [2.45, 2.75) is 12.8 Å². The van der Waals surface area contributed by atoms with Gasteiger partial charge in [-0.2, -0.15) is 0 Å². The predicted molar refractivity (Wildman–Crippen MR) is 111 cm³/mol. The van der Waals surface area contributed by atoms with Crippen LogP contribution in [0.2, 0.25) is 5.02 Å². The fraction of sp³-hybridized carbons (Fsp3) is 0.333. The summed E-state index contributed by atoms with van der Waals surface area (Å²) in [5.41, 5.74) is 1.19. The van der Waals surface area contributed by atoms with Gasteiger partial charge in [-0.1, -0.05) is 11.6 Å². The van der Waals surface area contributed by atoms with Crippen LogP contribution in [0.5, 0.6) is 5.75 Å². The molecule has 1 aliphatic rings. The second kappa shape index (κ2) is 9.71. The number of nitrogens with one attached hydrogen (secondary N) is 2. The maximum absolute atomic E-state index is 12.9. The lowest BCUT2D eigenvalue weighted by Gasteiger charge is -2.30. The van der Waals surface area contributed by atoms with Gasteiger partial charge in [-0.25, -0.2) is 4.39 Å². The molecular weight excluding hydrogens is 397 g/mol. The number of anilines is 2. The molecule has 8 heteroatoms. The molecule has 2 N–H and O–H groups in total. The Morgan fingerprint density at radius 1 is 1.10 bits per heavy atom. The highest BCUT2D eigenvalue weighted by molar-refractivity contribution is 6.32. The molecule has 0 unspecified atom stereocenters. The predicted octanol–water partition coefficient (Wildman–Crippen LogP) is 3.78. The van der Waals surface area contributed by atoms with Crippen molar-refractivity contribution in [3.8, 4) is 5.75 Å². The minimum atomic E-state index is -0.347. The molecule has 29 heavy (non-hydrogen) atoms. The molecule has 3 rings (SSSR count). The number of rotatable bonds is 6. The molecule has 0 aromatic heterocycles. The molecule has 6 nitrogen and oxygen atoms in total. The Morgan fingerprint density at radius 3 is 2.38 bits per heavy atom. The Morgan fingerprint density at radius 2 is 1.76 bits per heavy atom. The van der Waals surface area contributed by atoms with E-state index in [1.807, 2.05) is 4.90 Å². The van der Waals surface area contributed by atoms with Crippen molar-refractivity contribution in [3.63, 3.8) is 0 Å². The van der Waals surface area contributed by atoms with Crippen LogP contribution in [-0.2, 0) is 9.59 Å². The van der Waals surface area contributed by atoms with Gasteiger partial charge in [0.1, 0.15) is 11.6 Å². The van der Waals surface area contributed by atoms with Gasteiger partial charge in [0.25, 0.3) is 0 Å². The lowest BCUT2D eigenvalue weighted by atomic mass is 9.96. The molecule has 1 heterocycles. The van der Waals surface area contributed by atoms with Crippen LogP contribution in [0.25, 0.3) is 0 Å². The van der Waals surface area contributed by atoms with Gasteiger partial charge < -0.3 is 15.4 Å². The maximum atomic E-state index is 12.9. The van der Waals surface area contributed by atoms with Crippen LogP contribution >= 0.6 is 11.6 Å². The summed E-state index contributed by atoms with van der Waals surface area (Å²) in [7, 11) is 1.53. The molecule has 154 valence electrons. The van der Waals surface area contributed by atoms with Crippen molar-refractivity contribution in [1.29, 1.82) is 0 Å². The summed E-state index contributed by atoms with van der Waals surface area (Å²) in [6, 6.07) is 10.8. The normalized spacial score (nSPS) is 15.0. The number of carbonyl (C=O) groups is 2. The highest BCUT2D eigenvalue weighted by Gasteiger charge is 2.26. The van der Waals surface area contributed by atoms with E-state index in [9.17, 15) is 14.0 Å². The van der Waals surface area contributed by atoms with Crippen LogP contribution in [0.4, 0.5) is 15.8 Å². The standard InChI is InChI=1S/C21H23ClFN3O3/c1-29-19-7-6-17(12-18(19)22)25-21(28)14-8-10-26(11-9-14)13-20(27)24-16-4-2-15(23)3-5-16/h2-7,12,14H,8-11,13H2,1H3,(H,24,27)(H,25,28). The first-order valence-corrected chi connectivity index (χ1v) is 9.74. The van der Waals surface area contributed by atoms with E-state index < -0.39 is 0 Å². The van der Waals surface area contributed by atoms with E-state index in [1.165, 1.54) is 31.4 Å². The Hall–Kier alpha value is -2.64. The molecule has 0 atom stereocenters. The average Bonchev–Trinajstić information content (AvgIpc) is 2.70. The van der Waals surface area contributed by atoms with Gasteiger partial charge in [-0.3, -0.25) is 14.5 Å². The molecule has 1 fully saturated rings. The number of ether oxygens (including phenoxy) is 1. The molecule has 0 radical (unpaired) electrons. The molecule has 2 aromatic rings. The Kier molecular flexibility index (Phi) is 7.06. The molecular formula is C21H23ClFN3O3.